The van der Waals surface area contributed by atoms with E-state index in [1.807, 2.05) is 29.0 Å². The number of amides is 2. The lowest BCUT2D eigenvalue weighted by Crippen LogP contribution is -2.40. The van der Waals surface area contributed by atoms with Crippen molar-refractivity contribution in [1.29, 1.82) is 0 Å². The molecule has 164 valence electrons. The minimum Gasteiger partial charge on any atom is -0.339 e. The minimum absolute atomic E-state index is 0.133. The molecule has 1 saturated heterocycles. The van der Waals surface area contributed by atoms with Crippen LogP contribution in [0.3, 0.4) is 0 Å². The highest BCUT2D eigenvalue weighted by atomic mass is 19.1. The Morgan fingerprint density at radius 3 is 2.34 bits per heavy atom. The molecule has 6 heteroatoms. The molecule has 1 aliphatic rings. The van der Waals surface area contributed by atoms with Crippen LogP contribution in [0.2, 0.25) is 0 Å². The third-order valence-corrected chi connectivity index (χ3v) is 5.84. The van der Waals surface area contributed by atoms with Gasteiger partial charge in [-0.25, -0.2) is 4.39 Å². The first-order valence-electron chi connectivity index (χ1n) is 10.8. The molecule has 0 spiro atoms. The van der Waals surface area contributed by atoms with E-state index in [0.29, 0.717) is 43.5 Å². The first-order valence-corrected chi connectivity index (χ1v) is 10.8. The largest absolute Gasteiger partial charge is 0.339 e. The van der Waals surface area contributed by atoms with E-state index < -0.39 is 0 Å². The Bertz CT molecular complexity index is 1160. The molecule has 0 unspecified atom stereocenters. The number of hydrogen-bond donors (Lipinski definition) is 0. The Balaban J connectivity index is 1.42. The summed E-state index contributed by atoms with van der Waals surface area (Å²) in [6.45, 7) is 3.66. The second kappa shape index (κ2) is 9.73. The van der Waals surface area contributed by atoms with Crippen molar-refractivity contribution in [2.45, 2.75) is 26.3 Å². The molecule has 32 heavy (non-hydrogen) atoms. The van der Waals surface area contributed by atoms with Gasteiger partial charge in [-0.3, -0.25) is 9.59 Å². The topological polar surface area (TPSA) is 54.7 Å². The van der Waals surface area contributed by atoms with Crippen molar-refractivity contribution in [2.24, 2.45) is 10.9 Å². The predicted molar refractivity (Wildman–Crippen MR) is 120 cm³/mol. The number of likely N-dealkylation sites (tertiary alicyclic amines) is 1. The number of aryl methyl sites for hydroxylation is 1. The fourth-order valence-corrected chi connectivity index (χ4v) is 3.90. The molecule has 0 radical (unpaired) electrons. The van der Waals surface area contributed by atoms with E-state index in [1.54, 1.807) is 4.90 Å². The van der Waals surface area contributed by atoms with Crippen LogP contribution in [-0.4, -0.2) is 34.4 Å². The van der Waals surface area contributed by atoms with Crippen LogP contribution in [0.1, 0.15) is 34.3 Å². The van der Waals surface area contributed by atoms with Crippen molar-refractivity contribution in [3.63, 3.8) is 0 Å². The summed E-state index contributed by atoms with van der Waals surface area (Å²) in [5, 5.41) is 0. The van der Waals surface area contributed by atoms with Gasteiger partial charge in [-0.2, -0.15) is 4.99 Å². The lowest BCUT2D eigenvalue weighted by molar-refractivity contribution is -0.123. The molecule has 0 bridgehead atoms. The molecular formula is C26H26FN3O2. The summed E-state index contributed by atoms with van der Waals surface area (Å²) in [5.74, 6) is -0.858. The van der Waals surface area contributed by atoms with Gasteiger partial charge >= 0.3 is 0 Å². The summed E-state index contributed by atoms with van der Waals surface area (Å²) in [6, 6.07) is 19.5. The summed E-state index contributed by atoms with van der Waals surface area (Å²) >= 11 is 0. The molecule has 4 rings (SSSR count). The molecular weight excluding hydrogens is 405 g/mol. The van der Waals surface area contributed by atoms with Crippen molar-refractivity contribution in [2.75, 3.05) is 13.1 Å². The van der Waals surface area contributed by atoms with E-state index in [4.69, 9.17) is 0 Å². The maximum Gasteiger partial charge on any atom is 0.253 e. The number of aromatic nitrogens is 1. The summed E-state index contributed by atoms with van der Waals surface area (Å²) < 4.78 is 15.1. The Kier molecular flexibility index (Phi) is 6.59. The van der Waals surface area contributed by atoms with Crippen LogP contribution in [0.15, 0.2) is 77.9 Å². The molecule has 1 aromatic heterocycles. The van der Waals surface area contributed by atoms with E-state index in [9.17, 15) is 14.0 Å². The lowest BCUT2D eigenvalue weighted by atomic mass is 9.95. The number of carbonyl (C=O) groups is 2. The maximum atomic E-state index is 13.1. The smallest absolute Gasteiger partial charge is 0.253 e. The monoisotopic (exact) mass is 431 g/mol. The Morgan fingerprint density at radius 1 is 0.969 bits per heavy atom. The summed E-state index contributed by atoms with van der Waals surface area (Å²) in [5.41, 5.74) is 3.43. The zero-order valence-corrected chi connectivity index (χ0v) is 18.1. The molecule has 5 nitrogen and oxygen atoms in total. The second-order valence-electron chi connectivity index (χ2n) is 8.20. The van der Waals surface area contributed by atoms with Crippen LogP contribution in [0.25, 0.3) is 0 Å². The predicted octanol–water partition coefficient (Wildman–Crippen LogP) is 3.96. The van der Waals surface area contributed by atoms with Crippen LogP contribution >= 0.6 is 0 Å². The third-order valence-electron chi connectivity index (χ3n) is 5.84. The summed E-state index contributed by atoms with van der Waals surface area (Å²) in [6.07, 6.45) is 3.07. The van der Waals surface area contributed by atoms with Gasteiger partial charge in [0.25, 0.3) is 11.8 Å². The fraction of sp³-hybridized carbons (Fsp3) is 0.269. The molecule has 3 aromatic rings. The average Bonchev–Trinajstić information content (AvgIpc) is 2.82. The number of piperidine rings is 1. The number of nitrogens with zero attached hydrogens (tertiary/aromatic N) is 3. The van der Waals surface area contributed by atoms with Gasteiger partial charge in [-0.05, 0) is 61.7 Å². The van der Waals surface area contributed by atoms with Crippen molar-refractivity contribution in [3.05, 3.63) is 101 Å². The number of pyridine rings is 1. The van der Waals surface area contributed by atoms with E-state index in [2.05, 4.69) is 36.2 Å². The molecule has 2 amide bonds. The Labute approximate surface area is 186 Å². The summed E-state index contributed by atoms with van der Waals surface area (Å²) in [4.78, 5) is 31.6. The first kappa shape index (κ1) is 21.7. The maximum absolute atomic E-state index is 13.1. The van der Waals surface area contributed by atoms with Gasteiger partial charge in [0, 0.05) is 37.3 Å². The highest BCUT2D eigenvalue weighted by Gasteiger charge is 2.27. The fourth-order valence-electron chi connectivity index (χ4n) is 3.90. The number of halogens is 1. The van der Waals surface area contributed by atoms with Crippen LogP contribution in [0.4, 0.5) is 4.39 Å². The second-order valence-corrected chi connectivity index (χ2v) is 8.20. The van der Waals surface area contributed by atoms with Crippen molar-refractivity contribution >= 4 is 11.8 Å². The van der Waals surface area contributed by atoms with Crippen LogP contribution in [0.5, 0.6) is 0 Å². The van der Waals surface area contributed by atoms with Crippen molar-refractivity contribution in [1.82, 2.24) is 9.47 Å². The number of benzene rings is 2. The van der Waals surface area contributed by atoms with Crippen LogP contribution < -0.4 is 5.49 Å². The van der Waals surface area contributed by atoms with Gasteiger partial charge < -0.3 is 9.47 Å². The van der Waals surface area contributed by atoms with Gasteiger partial charge in [0.2, 0.25) is 0 Å². The average molecular weight is 432 g/mol. The number of carbonyl (C=O) groups excluding carboxylic acids is 2. The zero-order valence-electron chi connectivity index (χ0n) is 18.1. The minimum atomic E-state index is -0.368. The SMILES string of the molecule is Cc1ccc(Cn2ccccc2=NC(=O)C2CCN(C(=O)c3ccc(F)cc3)CC2)cc1. The van der Waals surface area contributed by atoms with Gasteiger partial charge in [0.1, 0.15) is 11.3 Å². The molecule has 1 aliphatic heterocycles. The number of hydrogen-bond acceptors (Lipinski definition) is 2. The summed E-state index contributed by atoms with van der Waals surface area (Å²) in [7, 11) is 0. The third kappa shape index (κ3) is 5.19. The molecule has 2 heterocycles. The van der Waals surface area contributed by atoms with E-state index >= 15 is 0 Å². The highest BCUT2D eigenvalue weighted by molar-refractivity contribution is 5.94. The zero-order chi connectivity index (χ0) is 22.5. The van der Waals surface area contributed by atoms with Crippen molar-refractivity contribution < 1.29 is 14.0 Å². The van der Waals surface area contributed by atoms with Gasteiger partial charge in [0.05, 0.1) is 0 Å². The molecule has 0 atom stereocenters. The molecule has 0 N–H and O–H groups in total. The lowest BCUT2D eigenvalue weighted by Gasteiger charge is -2.30. The number of rotatable bonds is 4. The van der Waals surface area contributed by atoms with Crippen LogP contribution in [0, 0.1) is 18.7 Å². The van der Waals surface area contributed by atoms with Gasteiger partial charge in [-0.1, -0.05) is 35.9 Å². The van der Waals surface area contributed by atoms with E-state index in [0.717, 1.165) is 5.56 Å². The Morgan fingerprint density at radius 2 is 1.66 bits per heavy atom. The highest BCUT2D eigenvalue weighted by Crippen LogP contribution is 2.20. The quantitative estimate of drug-likeness (QED) is 0.628. The molecule has 0 saturated carbocycles. The van der Waals surface area contributed by atoms with Crippen molar-refractivity contribution in [3.8, 4) is 0 Å². The van der Waals surface area contributed by atoms with Gasteiger partial charge in [0.15, 0.2) is 0 Å². The van der Waals surface area contributed by atoms with E-state index in [1.165, 1.54) is 29.8 Å². The normalized spacial score (nSPS) is 15.1. The molecule has 2 aromatic carbocycles. The van der Waals surface area contributed by atoms with E-state index in [-0.39, 0.29) is 23.5 Å². The van der Waals surface area contributed by atoms with Gasteiger partial charge in [-0.15, -0.1) is 0 Å². The first-order chi connectivity index (χ1) is 15.5. The standard InChI is InChI=1S/C26H26FN3O2/c1-19-5-7-20(8-6-19)18-30-15-3-2-4-24(30)28-25(31)21-13-16-29(17-14-21)26(32)22-9-11-23(27)12-10-22/h2-12,15,21H,13-14,16-18H2,1H3. The molecule has 1 fully saturated rings. The Hall–Kier alpha value is -3.54. The van der Waals surface area contributed by atoms with Crippen LogP contribution in [-0.2, 0) is 11.3 Å². The molecule has 0 aliphatic carbocycles.